The Hall–Kier alpha value is -3.34. The molecule has 0 spiro atoms. The molecule has 0 aliphatic heterocycles. The normalized spacial score (nSPS) is 10.3. The van der Waals surface area contributed by atoms with Crippen molar-refractivity contribution in [2.24, 2.45) is 0 Å². The van der Waals surface area contributed by atoms with Gasteiger partial charge in [0.05, 0.1) is 32.2 Å². The molecule has 0 saturated carbocycles. The van der Waals surface area contributed by atoms with E-state index in [1.807, 2.05) is 60.7 Å². The highest BCUT2D eigenvalue weighted by molar-refractivity contribution is 5.81. The quantitative estimate of drug-likeness (QED) is 0.718. The molecule has 5 heteroatoms. The van der Waals surface area contributed by atoms with Gasteiger partial charge in [-0.1, -0.05) is 18.2 Å². The molecule has 0 aliphatic carbocycles. The monoisotopic (exact) mass is 362 g/mol. The lowest BCUT2D eigenvalue weighted by molar-refractivity contribution is -0.119. The van der Waals surface area contributed by atoms with E-state index in [1.165, 1.54) is 6.92 Å². The molecule has 3 aromatic rings. The number of nitrogens with one attached hydrogen (secondary N) is 1. The summed E-state index contributed by atoms with van der Waals surface area (Å²) in [5.74, 6) is 1.51. The standard InChI is InChI=1S/C22H22N2O3/c1-15(25)23-14-18-8-13-21(16-4-9-19(26-2)10-5-16)22(24-18)17-6-11-20(27-3)12-7-17/h4-13H,14H2,1-3H3,(H,23,25). The van der Waals surface area contributed by atoms with Crippen LogP contribution < -0.4 is 14.8 Å². The van der Waals surface area contributed by atoms with Gasteiger partial charge in [-0.25, -0.2) is 0 Å². The minimum Gasteiger partial charge on any atom is -0.497 e. The third-order valence-electron chi connectivity index (χ3n) is 4.24. The lowest BCUT2D eigenvalue weighted by Crippen LogP contribution is -2.19. The summed E-state index contributed by atoms with van der Waals surface area (Å²) in [5, 5.41) is 2.80. The molecule has 0 aliphatic rings. The summed E-state index contributed by atoms with van der Waals surface area (Å²) in [4.78, 5) is 16.0. The van der Waals surface area contributed by atoms with Crippen LogP contribution in [-0.4, -0.2) is 25.1 Å². The van der Waals surface area contributed by atoms with Crippen LogP contribution >= 0.6 is 0 Å². The Kier molecular flexibility index (Phi) is 5.71. The molecule has 0 saturated heterocycles. The van der Waals surface area contributed by atoms with Gasteiger partial charge in [0.25, 0.3) is 0 Å². The van der Waals surface area contributed by atoms with E-state index in [0.717, 1.165) is 39.6 Å². The largest absolute Gasteiger partial charge is 0.497 e. The van der Waals surface area contributed by atoms with Gasteiger partial charge >= 0.3 is 0 Å². The SMILES string of the molecule is COc1ccc(-c2ccc(CNC(C)=O)nc2-c2ccc(OC)cc2)cc1. The second-order valence-corrected chi connectivity index (χ2v) is 6.07. The highest BCUT2D eigenvalue weighted by atomic mass is 16.5. The maximum absolute atomic E-state index is 11.2. The number of rotatable bonds is 6. The molecule has 1 N–H and O–H groups in total. The number of pyridine rings is 1. The Morgan fingerprint density at radius 1 is 0.852 bits per heavy atom. The average Bonchev–Trinajstić information content (AvgIpc) is 2.72. The fraction of sp³-hybridized carbons (Fsp3) is 0.182. The molecule has 138 valence electrons. The van der Waals surface area contributed by atoms with Gasteiger partial charge in [0, 0.05) is 18.1 Å². The van der Waals surface area contributed by atoms with Gasteiger partial charge in [0.15, 0.2) is 0 Å². The topological polar surface area (TPSA) is 60.5 Å². The van der Waals surface area contributed by atoms with Gasteiger partial charge in [0.1, 0.15) is 11.5 Å². The van der Waals surface area contributed by atoms with Crippen molar-refractivity contribution in [3.05, 3.63) is 66.4 Å². The molecular weight excluding hydrogens is 340 g/mol. The number of hydrogen-bond donors (Lipinski definition) is 1. The van der Waals surface area contributed by atoms with Crippen molar-refractivity contribution < 1.29 is 14.3 Å². The van der Waals surface area contributed by atoms with E-state index in [4.69, 9.17) is 14.5 Å². The Morgan fingerprint density at radius 3 is 1.93 bits per heavy atom. The highest BCUT2D eigenvalue weighted by Crippen LogP contribution is 2.32. The number of methoxy groups -OCH3 is 2. The number of carbonyl (C=O) groups is 1. The van der Waals surface area contributed by atoms with E-state index in [1.54, 1.807) is 14.2 Å². The third kappa shape index (κ3) is 4.44. The van der Waals surface area contributed by atoms with Crippen LogP contribution in [0.5, 0.6) is 11.5 Å². The predicted octanol–water partition coefficient (Wildman–Crippen LogP) is 4.07. The summed E-state index contributed by atoms with van der Waals surface area (Å²) >= 11 is 0. The molecule has 0 unspecified atom stereocenters. The van der Waals surface area contributed by atoms with Crippen molar-refractivity contribution in [2.45, 2.75) is 13.5 Å². The minimum atomic E-state index is -0.0815. The van der Waals surface area contributed by atoms with Crippen molar-refractivity contribution in [1.82, 2.24) is 10.3 Å². The number of carbonyl (C=O) groups excluding carboxylic acids is 1. The van der Waals surface area contributed by atoms with Crippen LogP contribution in [0.3, 0.4) is 0 Å². The number of aromatic nitrogens is 1. The number of amides is 1. The molecule has 0 atom stereocenters. The van der Waals surface area contributed by atoms with Crippen LogP contribution in [0.25, 0.3) is 22.4 Å². The van der Waals surface area contributed by atoms with Crippen LogP contribution in [0.1, 0.15) is 12.6 Å². The van der Waals surface area contributed by atoms with Gasteiger partial charge in [-0.15, -0.1) is 0 Å². The lowest BCUT2D eigenvalue weighted by Gasteiger charge is -2.13. The van der Waals surface area contributed by atoms with Crippen molar-refractivity contribution in [3.63, 3.8) is 0 Å². The van der Waals surface area contributed by atoms with Crippen LogP contribution in [0.2, 0.25) is 0 Å². The first-order chi connectivity index (χ1) is 13.1. The van der Waals surface area contributed by atoms with Gasteiger partial charge in [-0.05, 0) is 48.0 Å². The summed E-state index contributed by atoms with van der Waals surface area (Å²) in [6.07, 6.45) is 0. The number of nitrogens with zero attached hydrogens (tertiary/aromatic N) is 1. The lowest BCUT2D eigenvalue weighted by atomic mass is 9.98. The molecule has 5 nitrogen and oxygen atoms in total. The summed E-state index contributed by atoms with van der Waals surface area (Å²) in [7, 11) is 3.29. The summed E-state index contributed by atoms with van der Waals surface area (Å²) in [6, 6.07) is 19.6. The summed E-state index contributed by atoms with van der Waals surface area (Å²) in [5.41, 5.74) is 4.68. The first kappa shape index (κ1) is 18.5. The zero-order valence-electron chi connectivity index (χ0n) is 15.7. The minimum absolute atomic E-state index is 0.0815. The molecule has 0 radical (unpaired) electrons. The molecule has 1 aromatic heterocycles. The molecule has 1 heterocycles. The molecule has 3 rings (SSSR count). The van der Waals surface area contributed by atoms with E-state index < -0.39 is 0 Å². The maximum Gasteiger partial charge on any atom is 0.217 e. The molecule has 27 heavy (non-hydrogen) atoms. The fourth-order valence-corrected chi connectivity index (χ4v) is 2.79. The van der Waals surface area contributed by atoms with E-state index >= 15 is 0 Å². The third-order valence-corrected chi connectivity index (χ3v) is 4.24. The van der Waals surface area contributed by atoms with Crippen LogP contribution in [0, 0.1) is 0 Å². The van der Waals surface area contributed by atoms with Crippen LogP contribution in [-0.2, 0) is 11.3 Å². The molecule has 0 bridgehead atoms. The first-order valence-electron chi connectivity index (χ1n) is 8.64. The molecule has 0 fully saturated rings. The highest BCUT2D eigenvalue weighted by Gasteiger charge is 2.11. The van der Waals surface area contributed by atoms with E-state index in [-0.39, 0.29) is 5.91 Å². The van der Waals surface area contributed by atoms with Gasteiger partial charge in [-0.3, -0.25) is 9.78 Å². The number of ether oxygens (including phenoxy) is 2. The maximum atomic E-state index is 11.2. The van der Waals surface area contributed by atoms with Gasteiger partial charge in [-0.2, -0.15) is 0 Å². The number of benzene rings is 2. The van der Waals surface area contributed by atoms with E-state index in [9.17, 15) is 4.79 Å². The van der Waals surface area contributed by atoms with E-state index in [2.05, 4.69) is 5.32 Å². The summed E-state index contributed by atoms with van der Waals surface area (Å²) < 4.78 is 10.5. The second-order valence-electron chi connectivity index (χ2n) is 6.07. The van der Waals surface area contributed by atoms with Crippen LogP contribution in [0.15, 0.2) is 60.7 Å². The van der Waals surface area contributed by atoms with Crippen molar-refractivity contribution in [1.29, 1.82) is 0 Å². The first-order valence-corrected chi connectivity index (χ1v) is 8.64. The Balaban J connectivity index is 2.05. The Morgan fingerprint density at radius 2 is 1.41 bits per heavy atom. The Labute approximate surface area is 159 Å². The average molecular weight is 362 g/mol. The predicted molar refractivity (Wildman–Crippen MR) is 106 cm³/mol. The van der Waals surface area contributed by atoms with Crippen molar-refractivity contribution in [3.8, 4) is 33.9 Å². The van der Waals surface area contributed by atoms with Gasteiger partial charge < -0.3 is 14.8 Å². The molecule has 1 amide bonds. The summed E-state index contributed by atoms with van der Waals surface area (Å²) in [6.45, 7) is 1.89. The van der Waals surface area contributed by atoms with Crippen molar-refractivity contribution >= 4 is 5.91 Å². The van der Waals surface area contributed by atoms with Crippen molar-refractivity contribution in [2.75, 3.05) is 14.2 Å². The smallest absolute Gasteiger partial charge is 0.217 e. The number of hydrogen-bond acceptors (Lipinski definition) is 4. The zero-order valence-corrected chi connectivity index (χ0v) is 15.7. The van der Waals surface area contributed by atoms with Crippen LogP contribution in [0.4, 0.5) is 0 Å². The molecular formula is C22H22N2O3. The van der Waals surface area contributed by atoms with Gasteiger partial charge in [0.2, 0.25) is 5.91 Å². The molecule has 2 aromatic carbocycles. The fourth-order valence-electron chi connectivity index (χ4n) is 2.79. The zero-order chi connectivity index (χ0) is 19.2. The second kappa shape index (κ2) is 8.36. The van der Waals surface area contributed by atoms with E-state index in [0.29, 0.717) is 6.54 Å². The Bertz CT molecular complexity index is 919.